The molecule has 6 heteroatoms. The molecule has 0 spiro atoms. The number of nitrogens with two attached hydrogens (primary N) is 1. The van der Waals surface area contributed by atoms with Gasteiger partial charge in [0.05, 0.1) is 19.1 Å². The first-order valence-corrected chi connectivity index (χ1v) is 12.0. The standard InChI is InChI=1S/C29H35N3O3/c1-18(2)14-26-25(16-30)28(22-10-6-19(3)7-11-22)24(20(4)32-26)15-27(33)31-17-21-8-12-23(13-9-21)29(34)35-5/h6-13,18H,14-17,30H2,1-5H3,(H,31,33). The Morgan fingerprint density at radius 3 is 2.23 bits per heavy atom. The Bertz CT molecular complexity index is 1180. The van der Waals surface area contributed by atoms with E-state index in [1.165, 1.54) is 12.7 Å². The molecule has 3 rings (SSSR count). The van der Waals surface area contributed by atoms with Crippen molar-refractivity contribution in [3.63, 3.8) is 0 Å². The van der Waals surface area contributed by atoms with E-state index in [9.17, 15) is 9.59 Å². The number of rotatable bonds is 9. The second-order valence-electron chi connectivity index (χ2n) is 9.29. The van der Waals surface area contributed by atoms with Crippen LogP contribution < -0.4 is 11.1 Å². The topological polar surface area (TPSA) is 94.3 Å². The third-order valence-electron chi connectivity index (χ3n) is 6.04. The molecule has 3 aromatic rings. The molecular weight excluding hydrogens is 438 g/mol. The van der Waals surface area contributed by atoms with Crippen LogP contribution in [0.15, 0.2) is 48.5 Å². The van der Waals surface area contributed by atoms with Gasteiger partial charge in [0.1, 0.15) is 0 Å². The van der Waals surface area contributed by atoms with Crippen molar-refractivity contribution in [2.75, 3.05) is 7.11 Å². The van der Waals surface area contributed by atoms with Crippen LogP contribution in [0.25, 0.3) is 11.1 Å². The lowest BCUT2D eigenvalue weighted by atomic mass is 9.88. The summed E-state index contributed by atoms with van der Waals surface area (Å²) in [5.74, 6) is -0.0403. The summed E-state index contributed by atoms with van der Waals surface area (Å²) in [6.07, 6.45) is 1.04. The molecule has 6 nitrogen and oxygen atoms in total. The molecule has 0 bridgehead atoms. The molecule has 3 N–H and O–H groups in total. The molecule has 0 aliphatic carbocycles. The van der Waals surface area contributed by atoms with Crippen molar-refractivity contribution in [1.29, 1.82) is 0 Å². The molecule has 1 aromatic heterocycles. The van der Waals surface area contributed by atoms with Crippen molar-refractivity contribution in [3.8, 4) is 11.1 Å². The number of aryl methyl sites for hydroxylation is 2. The van der Waals surface area contributed by atoms with Gasteiger partial charge in [0, 0.05) is 24.5 Å². The number of ether oxygens (including phenoxy) is 1. The highest BCUT2D eigenvalue weighted by Gasteiger charge is 2.21. The van der Waals surface area contributed by atoms with Crippen molar-refractivity contribution in [1.82, 2.24) is 10.3 Å². The summed E-state index contributed by atoms with van der Waals surface area (Å²) in [7, 11) is 1.35. The highest BCUT2D eigenvalue weighted by atomic mass is 16.5. The van der Waals surface area contributed by atoms with E-state index in [1.807, 2.05) is 19.1 Å². The van der Waals surface area contributed by atoms with E-state index in [1.54, 1.807) is 12.1 Å². The number of esters is 1. The minimum absolute atomic E-state index is 0.0973. The van der Waals surface area contributed by atoms with Gasteiger partial charge < -0.3 is 15.8 Å². The SMILES string of the molecule is COC(=O)c1ccc(CNC(=O)Cc2c(C)nc(CC(C)C)c(CN)c2-c2ccc(C)cc2)cc1. The monoisotopic (exact) mass is 473 g/mol. The van der Waals surface area contributed by atoms with Gasteiger partial charge in [0.2, 0.25) is 5.91 Å². The van der Waals surface area contributed by atoms with Gasteiger partial charge in [-0.2, -0.15) is 0 Å². The van der Waals surface area contributed by atoms with Gasteiger partial charge in [-0.05, 0) is 66.1 Å². The highest BCUT2D eigenvalue weighted by molar-refractivity contribution is 5.89. The average Bonchev–Trinajstić information content (AvgIpc) is 2.84. The normalized spacial score (nSPS) is 10.9. The van der Waals surface area contributed by atoms with E-state index in [4.69, 9.17) is 15.5 Å². The molecule has 0 atom stereocenters. The van der Waals surface area contributed by atoms with Crippen LogP contribution in [0.2, 0.25) is 0 Å². The number of nitrogens with one attached hydrogen (secondary N) is 1. The lowest BCUT2D eigenvalue weighted by Gasteiger charge is -2.21. The Morgan fingerprint density at radius 2 is 1.66 bits per heavy atom. The van der Waals surface area contributed by atoms with E-state index in [0.29, 0.717) is 24.6 Å². The minimum Gasteiger partial charge on any atom is -0.465 e. The molecule has 0 saturated heterocycles. The third kappa shape index (κ3) is 6.55. The molecule has 1 amide bonds. The second kappa shape index (κ2) is 11.8. The fraction of sp³-hybridized carbons (Fsp3) is 0.345. The van der Waals surface area contributed by atoms with E-state index in [-0.39, 0.29) is 18.3 Å². The van der Waals surface area contributed by atoms with Gasteiger partial charge >= 0.3 is 5.97 Å². The fourth-order valence-electron chi connectivity index (χ4n) is 4.21. The number of carbonyl (C=O) groups excluding carboxylic acids is 2. The van der Waals surface area contributed by atoms with Gasteiger partial charge in [-0.3, -0.25) is 9.78 Å². The van der Waals surface area contributed by atoms with Crippen LogP contribution >= 0.6 is 0 Å². The molecule has 0 saturated carbocycles. The number of methoxy groups -OCH3 is 1. The maximum absolute atomic E-state index is 13.0. The number of benzene rings is 2. The first-order chi connectivity index (χ1) is 16.7. The van der Waals surface area contributed by atoms with E-state index >= 15 is 0 Å². The summed E-state index contributed by atoms with van der Waals surface area (Å²) in [5, 5.41) is 3.00. The number of amides is 1. The Labute approximate surface area is 207 Å². The number of hydrogen-bond donors (Lipinski definition) is 2. The lowest BCUT2D eigenvalue weighted by molar-refractivity contribution is -0.120. The van der Waals surface area contributed by atoms with Gasteiger partial charge in [-0.1, -0.05) is 55.8 Å². The summed E-state index contributed by atoms with van der Waals surface area (Å²) in [6.45, 7) is 9.09. The maximum Gasteiger partial charge on any atom is 0.337 e. The van der Waals surface area contributed by atoms with Crippen LogP contribution in [0.5, 0.6) is 0 Å². The molecule has 0 unspecified atom stereocenters. The molecule has 2 aromatic carbocycles. The van der Waals surface area contributed by atoms with E-state index in [2.05, 4.69) is 50.4 Å². The van der Waals surface area contributed by atoms with Gasteiger partial charge in [-0.25, -0.2) is 4.79 Å². The molecule has 0 aliphatic heterocycles. The number of carbonyl (C=O) groups is 2. The van der Waals surface area contributed by atoms with Crippen LogP contribution in [0, 0.1) is 19.8 Å². The van der Waals surface area contributed by atoms with Gasteiger partial charge in [-0.15, -0.1) is 0 Å². The van der Waals surface area contributed by atoms with Crippen molar-refractivity contribution in [2.45, 2.75) is 53.6 Å². The van der Waals surface area contributed by atoms with Crippen LogP contribution in [0.4, 0.5) is 0 Å². The zero-order chi connectivity index (χ0) is 25.5. The largest absolute Gasteiger partial charge is 0.465 e. The first kappa shape index (κ1) is 26.1. The van der Waals surface area contributed by atoms with Gasteiger partial charge in [0.25, 0.3) is 0 Å². The number of pyridine rings is 1. The smallest absolute Gasteiger partial charge is 0.337 e. The molecule has 0 radical (unpaired) electrons. The van der Waals surface area contributed by atoms with Crippen LogP contribution in [0.1, 0.15) is 57.8 Å². The third-order valence-corrected chi connectivity index (χ3v) is 6.04. The Hall–Kier alpha value is -3.51. The summed E-state index contributed by atoms with van der Waals surface area (Å²) in [6, 6.07) is 15.3. The molecule has 184 valence electrons. The molecular formula is C29H35N3O3. The van der Waals surface area contributed by atoms with Crippen LogP contribution in [0.3, 0.4) is 0 Å². The predicted octanol–water partition coefficient (Wildman–Crippen LogP) is 4.67. The molecule has 1 heterocycles. The number of nitrogens with zero attached hydrogens (tertiary/aromatic N) is 1. The Kier molecular flexibility index (Phi) is 8.77. The summed E-state index contributed by atoms with van der Waals surface area (Å²) >= 11 is 0. The van der Waals surface area contributed by atoms with Crippen LogP contribution in [-0.4, -0.2) is 24.0 Å². The molecule has 0 fully saturated rings. The minimum atomic E-state index is -0.385. The Morgan fingerprint density at radius 1 is 1.00 bits per heavy atom. The zero-order valence-electron chi connectivity index (χ0n) is 21.3. The average molecular weight is 474 g/mol. The predicted molar refractivity (Wildman–Crippen MR) is 139 cm³/mol. The van der Waals surface area contributed by atoms with Crippen LogP contribution in [-0.2, 0) is 35.5 Å². The molecule has 0 aliphatic rings. The quantitative estimate of drug-likeness (QED) is 0.441. The van der Waals surface area contributed by atoms with Crippen molar-refractivity contribution in [2.24, 2.45) is 11.7 Å². The summed E-state index contributed by atoms with van der Waals surface area (Å²) in [4.78, 5) is 29.5. The number of hydrogen-bond acceptors (Lipinski definition) is 5. The summed E-state index contributed by atoms with van der Waals surface area (Å²) < 4.78 is 4.73. The first-order valence-electron chi connectivity index (χ1n) is 12.0. The molecule has 35 heavy (non-hydrogen) atoms. The van der Waals surface area contributed by atoms with Gasteiger partial charge in [0.15, 0.2) is 0 Å². The Balaban J connectivity index is 1.89. The van der Waals surface area contributed by atoms with Crippen molar-refractivity contribution in [3.05, 3.63) is 87.7 Å². The maximum atomic E-state index is 13.0. The number of aromatic nitrogens is 1. The second-order valence-corrected chi connectivity index (χ2v) is 9.29. The van der Waals surface area contributed by atoms with E-state index < -0.39 is 0 Å². The van der Waals surface area contributed by atoms with Crippen molar-refractivity contribution >= 4 is 11.9 Å². The lowest BCUT2D eigenvalue weighted by Crippen LogP contribution is -2.26. The highest BCUT2D eigenvalue weighted by Crippen LogP contribution is 2.33. The van der Waals surface area contributed by atoms with Crippen molar-refractivity contribution < 1.29 is 14.3 Å². The fourth-order valence-corrected chi connectivity index (χ4v) is 4.21. The van der Waals surface area contributed by atoms with E-state index in [0.717, 1.165) is 45.6 Å². The zero-order valence-corrected chi connectivity index (χ0v) is 21.3. The summed E-state index contributed by atoms with van der Waals surface area (Å²) in [5.41, 5.74) is 14.6.